The maximum atomic E-state index is 6.28. The lowest BCUT2D eigenvalue weighted by molar-refractivity contribution is 0.0392. The number of hydrogen-bond acceptors (Lipinski definition) is 2. The van der Waals surface area contributed by atoms with Crippen LogP contribution in [0.5, 0.6) is 0 Å². The maximum absolute atomic E-state index is 6.28. The van der Waals surface area contributed by atoms with Gasteiger partial charge in [0.05, 0.1) is 0 Å². The van der Waals surface area contributed by atoms with Crippen molar-refractivity contribution in [3.8, 4) is 0 Å². The van der Waals surface area contributed by atoms with Gasteiger partial charge in [-0.1, -0.05) is 37.3 Å². The Labute approximate surface area is 129 Å². The van der Waals surface area contributed by atoms with Crippen LogP contribution in [0.1, 0.15) is 63.4 Å². The molecule has 21 heavy (non-hydrogen) atoms. The smallest absolute Gasteiger partial charge is 0.0335 e. The Bertz CT molecular complexity index is 434. The molecular weight excluding hydrogens is 256 g/mol. The third-order valence-corrected chi connectivity index (χ3v) is 6.02. The van der Waals surface area contributed by atoms with E-state index < -0.39 is 0 Å². The lowest BCUT2D eigenvalue weighted by Crippen LogP contribution is -2.57. The van der Waals surface area contributed by atoms with Gasteiger partial charge in [0.1, 0.15) is 0 Å². The highest BCUT2D eigenvalue weighted by Crippen LogP contribution is 2.43. The summed E-state index contributed by atoms with van der Waals surface area (Å²) in [5.41, 5.74) is 8.10. The van der Waals surface area contributed by atoms with E-state index in [1.54, 1.807) is 0 Å². The number of benzene rings is 1. The molecule has 1 heterocycles. The van der Waals surface area contributed by atoms with Crippen LogP contribution in [0.15, 0.2) is 30.3 Å². The number of rotatable bonds is 4. The zero-order chi connectivity index (χ0) is 14.7. The third-order valence-electron chi connectivity index (χ3n) is 6.02. The summed E-state index contributed by atoms with van der Waals surface area (Å²) in [7, 11) is 0. The fourth-order valence-corrected chi connectivity index (χ4v) is 4.71. The first-order valence-electron chi connectivity index (χ1n) is 8.81. The van der Waals surface area contributed by atoms with Crippen LogP contribution in [0.4, 0.5) is 0 Å². The van der Waals surface area contributed by atoms with Gasteiger partial charge >= 0.3 is 0 Å². The van der Waals surface area contributed by atoms with Crippen LogP contribution < -0.4 is 5.73 Å². The van der Waals surface area contributed by atoms with E-state index in [2.05, 4.69) is 42.2 Å². The fraction of sp³-hybridized carbons (Fsp3) is 0.684. The summed E-state index contributed by atoms with van der Waals surface area (Å²) in [6.45, 7) is 4.44. The average Bonchev–Trinajstić information content (AvgIpc) is 3.05. The molecule has 1 aliphatic carbocycles. The summed E-state index contributed by atoms with van der Waals surface area (Å²) in [5, 5.41) is 0. The molecule has 0 amide bonds. The molecule has 2 heteroatoms. The fourth-order valence-electron chi connectivity index (χ4n) is 4.71. The van der Waals surface area contributed by atoms with Crippen LogP contribution in [0.2, 0.25) is 0 Å². The summed E-state index contributed by atoms with van der Waals surface area (Å²) < 4.78 is 0. The normalized spacial score (nSPS) is 34.2. The molecule has 0 bridgehead atoms. The molecule has 1 aromatic carbocycles. The molecule has 3 rings (SSSR count). The van der Waals surface area contributed by atoms with Crippen LogP contribution in [-0.4, -0.2) is 29.6 Å². The molecule has 2 N–H and O–H groups in total. The topological polar surface area (TPSA) is 29.3 Å². The van der Waals surface area contributed by atoms with Gasteiger partial charge in [0.2, 0.25) is 0 Å². The summed E-state index contributed by atoms with van der Waals surface area (Å²) in [6, 6.07) is 11.8. The van der Waals surface area contributed by atoms with Crippen molar-refractivity contribution in [3.05, 3.63) is 35.9 Å². The van der Waals surface area contributed by atoms with Gasteiger partial charge in [-0.3, -0.25) is 4.90 Å². The van der Waals surface area contributed by atoms with Crippen LogP contribution >= 0.6 is 0 Å². The third kappa shape index (κ3) is 2.89. The Morgan fingerprint density at radius 2 is 1.86 bits per heavy atom. The van der Waals surface area contributed by atoms with Gasteiger partial charge in [0.15, 0.2) is 0 Å². The maximum Gasteiger partial charge on any atom is 0.0335 e. The van der Waals surface area contributed by atoms with Crippen molar-refractivity contribution in [2.75, 3.05) is 13.1 Å². The molecule has 1 aromatic rings. The SMILES string of the molecule is CCC1CCCN1C1(CN)CCC(c2ccccc2)CC1. The zero-order valence-electron chi connectivity index (χ0n) is 13.4. The van der Waals surface area contributed by atoms with Gasteiger partial charge in [-0.25, -0.2) is 0 Å². The lowest BCUT2D eigenvalue weighted by Gasteiger charge is -2.48. The van der Waals surface area contributed by atoms with Gasteiger partial charge < -0.3 is 5.73 Å². The second-order valence-electron chi connectivity index (χ2n) is 7.01. The number of nitrogens with two attached hydrogens (primary N) is 1. The van der Waals surface area contributed by atoms with Crippen molar-refractivity contribution >= 4 is 0 Å². The highest BCUT2D eigenvalue weighted by molar-refractivity contribution is 5.21. The van der Waals surface area contributed by atoms with Crippen LogP contribution in [-0.2, 0) is 0 Å². The van der Waals surface area contributed by atoms with E-state index in [-0.39, 0.29) is 0 Å². The second kappa shape index (κ2) is 6.50. The molecule has 2 aliphatic rings. The highest BCUT2D eigenvalue weighted by Gasteiger charge is 2.43. The summed E-state index contributed by atoms with van der Waals surface area (Å²) >= 11 is 0. The first kappa shape index (κ1) is 15.1. The lowest BCUT2D eigenvalue weighted by atomic mass is 9.73. The minimum absolute atomic E-state index is 0.294. The molecule has 1 unspecified atom stereocenters. The minimum atomic E-state index is 0.294. The Kier molecular flexibility index (Phi) is 4.66. The predicted octanol–water partition coefficient (Wildman–Crippen LogP) is 3.92. The molecule has 0 radical (unpaired) electrons. The van der Waals surface area contributed by atoms with Crippen molar-refractivity contribution in [3.63, 3.8) is 0 Å². The van der Waals surface area contributed by atoms with E-state index in [9.17, 15) is 0 Å². The molecular formula is C19H30N2. The Hall–Kier alpha value is -0.860. The van der Waals surface area contributed by atoms with Crippen molar-refractivity contribution in [2.45, 2.75) is 69.4 Å². The van der Waals surface area contributed by atoms with Crippen molar-refractivity contribution in [1.29, 1.82) is 0 Å². The van der Waals surface area contributed by atoms with Crippen molar-refractivity contribution in [1.82, 2.24) is 4.90 Å². The van der Waals surface area contributed by atoms with Crippen LogP contribution in [0.3, 0.4) is 0 Å². The number of nitrogens with zero attached hydrogens (tertiary/aromatic N) is 1. The van der Waals surface area contributed by atoms with Crippen LogP contribution in [0, 0.1) is 0 Å². The Morgan fingerprint density at radius 1 is 1.14 bits per heavy atom. The Balaban J connectivity index is 1.70. The monoisotopic (exact) mass is 286 g/mol. The minimum Gasteiger partial charge on any atom is -0.329 e. The molecule has 0 aromatic heterocycles. The molecule has 2 fully saturated rings. The van der Waals surface area contributed by atoms with Gasteiger partial charge in [0, 0.05) is 18.1 Å². The van der Waals surface area contributed by atoms with Gasteiger partial charge in [0.25, 0.3) is 0 Å². The van der Waals surface area contributed by atoms with Crippen molar-refractivity contribution in [2.24, 2.45) is 5.73 Å². The standard InChI is InChI=1S/C19H30N2/c1-2-18-9-6-14-21(18)19(15-20)12-10-17(11-13-19)16-7-4-3-5-8-16/h3-5,7-8,17-18H,2,6,9-15,20H2,1H3. The van der Waals surface area contributed by atoms with E-state index in [0.717, 1.165) is 18.5 Å². The molecule has 2 nitrogen and oxygen atoms in total. The van der Waals surface area contributed by atoms with E-state index in [0.29, 0.717) is 5.54 Å². The molecule has 1 aliphatic heterocycles. The van der Waals surface area contributed by atoms with Crippen LogP contribution in [0.25, 0.3) is 0 Å². The summed E-state index contributed by atoms with van der Waals surface area (Å²) in [4.78, 5) is 2.79. The summed E-state index contributed by atoms with van der Waals surface area (Å²) in [5.74, 6) is 0.744. The molecule has 116 valence electrons. The van der Waals surface area contributed by atoms with Gasteiger partial charge in [-0.15, -0.1) is 0 Å². The first-order chi connectivity index (χ1) is 10.3. The Morgan fingerprint density at radius 3 is 2.48 bits per heavy atom. The largest absolute Gasteiger partial charge is 0.329 e. The molecule has 0 spiro atoms. The first-order valence-corrected chi connectivity index (χ1v) is 8.81. The van der Waals surface area contributed by atoms with Gasteiger partial charge in [-0.2, -0.15) is 0 Å². The second-order valence-corrected chi connectivity index (χ2v) is 7.01. The highest BCUT2D eigenvalue weighted by atomic mass is 15.3. The van der Waals surface area contributed by atoms with E-state index in [1.807, 2.05) is 0 Å². The van der Waals surface area contributed by atoms with E-state index in [4.69, 9.17) is 5.73 Å². The zero-order valence-corrected chi connectivity index (χ0v) is 13.4. The number of hydrogen-bond donors (Lipinski definition) is 1. The van der Waals surface area contributed by atoms with Gasteiger partial charge in [-0.05, 0) is 63.0 Å². The number of likely N-dealkylation sites (tertiary alicyclic amines) is 1. The molecule has 1 saturated heterocycles. The predicted molar refractivity (Wildman–Crippen MR) is 89.5 cm³/mol. The van der Waals surface area contributed by atoms with E-state index in [1.165, 1.54) is 57.1 Å². The quantitative estimate of drug-likeness (QED) is 0.909. The average molecular weight is 286 g/mol. The molecule has 1 saturated carbocycles. The molecule has 1 atom stereocenters. The summed E-state index contributed by atoms with van der Waals surface area (Å²) in [6.07, 6.45) is 9.17. The van der Waals surface area contributed by atoms with E-state index >= 15 is 0 Å². The van der Waals surface area contributed by atoms with Crippen molar-refractivity contribution < 1.29 is 0 Å².